The summed E-state index contributed by atoms with van der Waals surface area (Å²) in [5, 5.41) is 6.63. The van der Waals surface area contributed by atoms with Crippen LogP contribution in [0.25, 0.3) is 21.7 Å². The van der Waals surface area contributed by atoms with Crippen LogP contribution in [0.1, 0.15) is 22.9 Å². The fourth-order valence-corrected chi connectivity index (χ4v) is 5.18. The van der Waals surface area contributed by atoms with Crippen molar-refractivity contribution in [2.24, 2.45) is 0 Å². The molecule has 1 aromatic heterocycles. The predicted octanol–water partition coefficient (Wildman–Crippen LogP) is 5.91. The Morgan fingerprint density at radius 1 is 0.848 bits per heavy atom. The van der Waals surface area contributed by atoms with E-state index in [4.69, 9.17) is 0 Å². The number of fused-ring (bicyclic) bond motifs is 4. The van der Waals surface area contributed by atoms with Crippen molar-refractivity contribution in [2.45, 2.75) is 12.5 Å². The first-order chi connectivity index (χ1) is 16.3. The fraction of sp³-hybridized carbons (Fsp3) is 0.138. The van der Waals surface area contributed by atoms with Gasteiger partial charge in [0.25, 0.3) is 0 Å². The van der Waals surface area contributed by atoms with Crippen LogP contribution in [0.3, 0.4) is 0 Å². The van der Waals surface area contributed by atoms with Gasteiger partial charge in [0.05, 0.1) is 12.6 Å². The molecule has 4 nitrogen and oxygen atoms in total. The van der Waals surface area contributed by atoms with Crippen molar-refractivity contribution in [3.05, 3.63) is 114 Å². The molecule has 33 heavy (non-hydrogen) atoms. The van der Waals surface area contributed by atoms with Crippen molar-refractivity contribution in [3.8, 4) is 0 Å². The first-order valence-electron chi connectivity index (χ1n) is 11.4. The standard InChI is InChI=1S/C29H25N3O/c33-27(30-25-16-8-12-20-9-4-5-13-22(20)25)19-32-18-17-24-23-14-6-7-15-26(23)31-28(24)29(32)21-10-2-1-3-11-21/h1-16,29,31H,17-19H2,(H,30,33). The van der Waals surface area contributed by atoms with Crippen molar-refractivity contribution in [1.82, 2.24) is 9.88 Å². The minimum Gasteiger partial charge on any atom is -0.357 e. The topological polar surface area (TPSA) is 48.1 Å². The van der Waals surface area contributed by atoms with Gasteiger partial charge in [0, 0.05) is 34.2 Å². The molecule has 162 valence electrons. The average Bonchev–Trinajstić information content (AvgIpc) is 3.23. The number of amides is 1. The largest absolute Gasteiger partial charge is 0.357 e. The Morgan fingerprint density at radius 2 is 1.58 bits per heavy atom. The molecule has 0 fully saturated rings. The highest BCUT2D eigenvalue weighted by molar-refractivity contribution is 6.02. The number of rotatable bonds is 4. The van der Waals surface area contributed by atoms with Crippen LogP contribution in [-0.2, 0) is 11.2 Å². The van der Waals surface area contributed by atoms with E-state index in [1.54, 1.807) is 0 Å². The molecule has 1 amide bonds. The Hall–Kier alpha value is -3.89. The predicted molar refractivity (Wildman–Crippen MR) is 134 cm³/mol. The van der Waals surface area contributed by atoms with Crippen LogP contribution in [-0.4, -0.2) is 28.9 Å². The number of hydrogen-bond acceptors (Lipinski definition) is 2. The van der Waals surface area contributed by atoms with Crippen LogP contribution < -0.4 is 5.32 Å². The van der Waals surface area contributed by atoms with Crippen LogP contribution >= 0.6 is 0 Å². The van der Waals surface area contributed by atoms with Crippen LogP contribution in [0, 0.1) is 0 Å². The minimum atomic E-state index is 0.00634. The summed E-state index contributed by atoms with van der Waals surface area (Å²) in [5.74, 6) is 0.00634. The number of H-pyrrole nitrogens is 1. The molecule has 1 unspecified atom stereocenters. The van der Waals surface area contributed by atoms with Gasteiger partial charge in [-0.2, -0.15) is 0 Å². The van der Waals surface area contributed by atoms with Crippen molar-refractivity contribution in [1.29, 1.82) is 0 Å². The van der Waals surface area contributed by atoms with E-state index in [-0.39, 0.29) is 11.9 Å². The van der Waals surface area contributed by atoms with E-state index < -0.39 is 0 Å². The summed E-state index contributed by atoms with van der Waals surface area (Å²) < 4.78 is 0. The first-order valence-corrected chi connectivity index (χ1v) is 11.4. The zero-order valence-corrected chi connectivity index (χ0v) is 18.3. The highest BCUT2D eigenvalue weighted by Gasteiger charge is 2.32. The Bertz CT molecular complexity index is 1450. The molecule has 4 heteroatoms. The molecule has 0 aliphatic carbocycles. The van der Waals surface area contributed by atoms with Gasteiger partial charge in [0.2, 0.25) is 5.91 Å². The van der Waals surface area contributed by atoms with Gasteiger partial charge in [-0.15, -0.1) is 0 Å². The Morgan fingerprint density at radius 3 is 2.45 bits per heavy atom. The molecule has 2 heterocycles. The number of hydrogen-bond donors (Lipinski definition) is 2. The molecule has 0 saturated carbocycles. The van der Waals surface area contributed by atoms with Crippen molar-refractivity contribution in [3.63, 3.8) is 0 Å². The van der Waals surface area contributed by atoms with Crippen LogP contribution in [0.4, 0.5) is 5.69 Å². The van der Waals surface area contributed by atoms with E-state index in [0.717, 1.165) is 34.9 Å². The van der Waals surface area contributed by atoms with Gasteiger partial charge < -0.3 is 10.3 Å². The second-order valence-electron chi connectivity index (χ2n) is 8.67. The maximum absolute atomic E-state index is 13.2. The van der Waals surface area contributed by atoms with E-state index in [0.29, 0.717) is 6.54 Å². The highest BCUT2D eigenvalue weighted by atomic mass is 16.2. The quantitative estimate of drug-likeness (QED) is 0.372. The molecular weight excluding hydrogens is 406 g/mol. The second kappa shape index (κ2) is 8.23. The van der Waals surface area contributed by atoms with Gasteiger partial charge in [0.1, 0.15) is 0 Å². The smallest absolute Gasteiger partial charge is 0.238 e. The number of benzene rings is 4. The summed E-state index contributed by atoms with van der Waals surface area (Å²) in [5.41, 5.74) is 5.78. The summed E-state index contributed by atoms with van der Waals surface area (Å²) >= 11 is 0. The van der Waals surface area contributed by atoms with E-state index in [1.807, 2.05) is 30.3 Å². The number of para-hydroxylation sites is 1. The van der Waals surface area contributed by atoms with Gasteiger partial charge in [-0.25, -0.2) is 0 Å². The molecule has 4 aromatic carbocycles. The van der Waals surface area contributed by atoms with Crippen LogP contribution in [0.5, 0.6) is 0 Å². The van der Waals surface area contributed by atoms with Crippen molar-refractivity contribution >= 4 is 33.3 Å². The Kier molecular flexibility index (Phi) is 4.93. The van der Waals surface area contributed by atoms with Crippen molar-refractivity contribution in [2.75, 3.05) is 18.4 Å². The van der Waals surface area contributed by atoms with Crippen LogP contribution in [0.2, 0.25) is 0 Å². The molecule has 1 atom stereocenters. The number of carbonyl (C=O) groups is 1. The highest BCUT2D eigenvalue weighted by Crippen LogP contribution is 2.38. The maximum atomic E-state index is 13.2. The number of nitrogens with zero attached hydrogens (tertiary/aromatic N) is 1. The molecule has 5 aromatic rings. The van der Waals surface area contributed by atoms with E-state index in [1.165, 1.54) is 22.2 Å². The second-order valence-corrected chi connectivity index (χ2v) is 8.67. The molecule has 0 saturated heterocycles. The summed E-state index contributed by atoms with van der Waals surface area (Å²) in [6.45, 7) is 1.16. The third-order valence-electron chi connectivity index (χ3n) is 6.66. The Balaban J connectivity index is 1.33. The van der Waals surface area contributed by atoms with Crippen molar-refractivity contribution < 1.29 is 4.79 Å². The summed E-state index contributed by atoms with van der Waals surface area (Å²) in [6.07, 6.45) is 0.921. The third-order valence-corrected chi connectivity index (χ3v) is 6.66. The third kappa shape index (κ3) is 3.59. The molecule has 0 radical (unpaired) electrons. The molecule has 1 aliphatic rings. The summed E-state index contributed by atoms with van der Waals surface area (Å²) in [7, 11) is 0. The minimum absolute atomic E-state index is 0.00634. The SMILES string of the molecule is O=C(CN1CCc2c([nH]c3ccccc23)C1c1ccccc1)Nc1cccc2ccccc12. The van der Waals surface area contributed by atoms with Gasteiger partial charge >= 0.3 is 0 Å². The van der Waals surface area contributed by atoms with Gasteiger partial charge in [-0.05, 0) is 35.1 Å². The summed E-state index contributed by atoms with van der Waals surface area (Å²) in [4.78, 5) is 19.2. The maximum Gasteiger partial charge on any atom is 0.238 e. The van der Waals surface area contributed by atoms with Gasteiger partial charge in [-0.1, -0.05) is 84.9 Å². The van der Waals surface area contributed by atoms with Gasteiger partial charge in [-0.3, -0.25) is 9.69 Å². The average molecular weight is 432 g/mol. The first kappa shape index (κ1) is 19.8. The molecule has 6 rings (SSSR count). The zero-order chi connectivity index (χ0) is 22.2. The molecule has 1 aliphatic heterocycles. The molecular formula is C29H25N3O. The lowest BCUT2D eigenvalue weighted by molar-refractivity contribution is -0.117. The molecule has 2 N–H and O–H groups in total. The number of carbonyl (C=O) groups excluding carboxylic acids is 1. The van der Waals surface area contributed by atoms with E-state index >= 15 is 0 Å². The number of aromatic nitrogens is 1. The molecule has 0 spiro atoms. The zero-order valence-electron chi connectivity index (χ0n) is 18.3. The fourth-order valence-electron chi connectivity index (χ4n) is 5.18. The normalized spacial score (nSPS) is 16.1. The lowest BCUT2D eigenvalue weighted by Crippen LogP contribution is -2.41. The number of aromatic amines is 1. The number of anilines is 1. The van der Waals surface area contributed by atoms with E-state index in [2.05, 4.69) is 81.9 Å². The monoisotopic (exact) mass is 431 g/mol. The van der Waals surface area contributed by atoms with Gasteiger partial charge in [0.15, 0.2) is 0 Å². The summed E-state index contributed by atoms with van der Waals surface area (Å²) in [6, 6.07) is 33.2. The van der Waals surface area contributed by atoms with E-state index in [9.17, 15) is 4.79 Å². The van der Waals surface area contributed by atoms with Crippen LogP contribution in [0.15, 0.2) is 97.1 Å². The Labute approximate surface area is 192 Å². The lowest BCUT2D eigenvalue weighted by atomic mass is 9.92. The number of nitrogens with one attached hydrogen (secondary N) is 2. The molecule has 0 bridgehead atoms. The lowest BCUT2D eigenvalue weighted by Gasteiger charge is -2.35.